The highest BCUT2D eigenvalue weighted by atomic mass is 32.1. The first-order valence-electron chi connectivity index (χ1n) is 13.4. The van der Waals surface area contributed by atoms with Crippen molar-refractivity contribution in [2.45, 2.75) is 31.8 Å². The van der Waals surface area contributed by atoms with Crippen molar-refractivity contribution in [3.8, 4) is 21.9 Å². The molecule has 2 aromatic heterocycles. The lowest BCUT2D eigenvalue weighted by Gasteiger charge is -2.10. The Labute approximate surface area is 244 Å². The molecule has 2 heterocycles. The number of aromatic nitrogens is 1. The van der Waals surface area contributed by atoms with E-state index in [1.165, 1.54) is 66.1 Å². The van der Waals surface area contributed by atoms with Crippen molar-refractivity contribution in [3.63, 3.8) is 0 Å². The van der Waals surface area contributed by atoms with E-state index in [-0.39, 0.29) is 17.9 Å². The fourth-order valence-corrected chi connectivity index (χ4v) is 5.45. The lowest BCUT2D eigenvalue weighted by molar-refractivity contribution is -0.119. The summed E-state index contributed by atoms with van der Waals surface area (Å²) in [4.78, 5) is 29.8. The standard InChI is InChI=1S/C32H26F2N4O3S/c33-22-7-3-19(4-8-22)15-30(39)38-32(40)37-24-11-12-27(25(34)16-24)41-28-13-14-35-26-17-29(42-31(26)28)21-5-1-20(2-6-21)18-36-23-9-10-23/h1-8,11-14,16-17,23,36H,9-10,15,18H2,(H2,37,38,39,40). The zero-order chi connectivity index (χ0) is 29.1. The molecule has 0 spiro atoms. The number of thiophene rings is 1. The van der Waals surface area contributed by atoms with Gasteiger partial charge in [0.25, 0.3) is 0 Å². The smallest absolute Gasteiger partial charge is 0.325 e. The summed E-state index contributed by atoms with van der Waals surface area (Å²) in [5.74, 6) is -1.26. The van der Waals surface area contributed by atoms with Gasteiger partial charge in [-0.3, -0.25) is 15.1 Å². The van der Waals surface area contributed by atoms with Crippen LogP contribution in [0.4, 0.5) is 19.3 Å². The molecule has 3 amide bonds. The van der Waals surface area contributed by atoms with Crippen LogP contribution in [0.25, 0.3) is 20.7 Å². The van der Waals surface area contributed by atoms with Crippen molar-refractivity contribution < 1.29 is 23.1 Å². The van der Waals surface area contributed by atoms with Crippen LogP contribution in [-0.4, -0.2) is 23.0 Å². The van der Waals surface area contributed by atoms with Crippen molar-refractivity contribution in [1.82, 2.24) is 15.6 Å². The average molecular weight is 585 g/mol. The van der Waals surface area contributed by atoms with Crippen molar-refractivity contribution in [1.29, 1.82) is 0 Å². The quantitative estimate of drug-likeness (QED) is 0.171. The van der Waals surface area contributed by atoms with Crippen molar-refractivity contribution in [3.05, 3.63) is 108 Å². The second kappa shape index (κ2) is 12.1. The molecule has 5 aromatic rings. The number of benzene rings is 3. The molecule has 1 aliphatic carbocycles. The molecule has 1 aliphatic rings. The number of fused-ring (bicyclic) bond motifs is 1. The van der Waals surface area contributed by atoms with Gasteiger partial charge < -0.3 is 15.4 Å². The fraction of sp³-hybridized carbons (Fsp3) is 0.156. The number of rotatable bonds is 9. The van der Waals surface area contributed by atoms with Crippen LogP contribution in [0, 0.1) is 11.6 Å². The summed E-state index contributed by atoms with van der Waals surface area (Å²) in [6, 6.07) is 21.3. The maximum atomic E-state index is 15.0. The number of nitrogens with one attached hydrogen (secondary N) is 3. The molecule has 42 heavy (non-hydrogen) atoms. The van der Waals surface area contributed by atoms with Gasteiger partial charge in [0.2, 0.25) is 5.91 Å². The van der Waals surface area contributed by atoms with Gasteiger partial charge in [-0.15, -0.1) is 11.3 Å². The summed E-state index contributed by atoms with van der Waals surface area (Å²) in [6.45, 7) is 0.858. The number of amides is 3. The molecule has 0 bridgehead atoms. The van der Waals surface area contributed by atoms with E-state index in [0.717, 1.165) is 33.3 Å². The lowest BCUT2D eigenvalue weighted by Crippen LogP contribution is -2.35. The van der Waals surface area contributed by atoms with Gasteiger partial charge in [-0.2, -0.15) is 0 Å². The summed E-state index contributed by atoms with van der Waals surface area (Å²) < 4.78 is 34.7. The molecule has 10 heteroatoms. The normalized spacial score (nSPS) is 12.7. The first-order chi connectivity index (χ1) is 20.4. The molecule has 0 saturated heterocycles. The summed E-state index contributed by atoms with van der Waals surface area (Å²) in [7, 11) is 0. The molecule has 7 nitrogen and oxygen atoms in total. The Bertz CT molecular complexity index is 1750. The van der Waals surface area contributed by atoms with Crippen molar-refractivity contribution in [2.75, 3.05) is 5.32 Å². The highest BCUT2D eigenvalue weighted by Crippen LogP contribution is 2.39. The van der Waals surface area contributed by atoms with Crippen LogP contribution >= 0.6 is 11.3 Å². The van der Waals surface area contributed by atoms with Gasteiger partial charge in [0.15, 0.2) is 11.6 Å². The first-order valence-corrected chi connectivity index (χ1v) is 14.3. The molecule has 0 unspecified atom stereocenters. The molecular formula is C32H26F2N4O3S. The van der Waals surface area contributed by atoms with Crippen LogP contribution in [0.15, 0.2) is 85.1 Å². The van der Waals surface area contributed by atoms with Gasteiger partial charge in [0.1, 0.15) is 11.6 Å². The summed E-state index contributed by atoms with van der Waals surface area (Å²) in [6.07, 6.45) is 4.01. The number of hydrogen-bond acceptors (Lipinski definition) is 6. The van der Waals surface area contributed by atoms with Crippen LogP contribution in [0.5, 0.6) is 11.5 Å². The van der Waals surface area contributed by atoms with E-state index in [9.17, 15) is 18.4 Å². The number of halogens is 2. The van der Waals surface area contributed by atoms with Gasteiger partial charge >= 0.3 is 6.03 Å². The van der Waals surface area contributed by atoms with Crippen LogP contribution < -0.4 is 20.7 Å². The van der Waals surface area contributed by atoms with Gasteiger partial charge in [-0.1, -0.05) is 36.4 Å². The van der Waals surface area contributed by atoms with E-state index in [2.05, 4.69) is 45.2 Å². The molecular weight excluding hydrogens is 558 g/mol. The van der Waals surface area contributed by atoms with E-state index in [0.29, 0.717) is 17.4 Å². The number of carbonyl (C=O) groups excluding carboxylic acids is 2. The zero-order valence-electron chi connectivity index (χ0n) is 22.3. The molecule has 0 radical (unpaired) electrons. The third-order valence-corrected chi connectivity index (χ3v) is 7.91. The van der Waals surface area contributed by atoms with Crippen molar-refractivity contribution >= 4 is 39.2 Å². The molecule has 1 saturated carbocycles. The van der Waals surface area contributed by atoms with Crippen LogP contribution in [0.1, 0.15) is 24.0 Å². The Hall–Kier alpha value is -4.67. The van der Waals surface area contributed by atoms with Gasteiger partial charge in [0.05, 0.1) is 16.6 Å². The minimum Gasteiger partial charge on any atom is -0.453 e. The summed E-state index contributed by atoms with van der Waals surface area (Å²) >= 11 is 1.51. The van der Waals surface area contributed by atoms with E-state index in [4.69, 9.17) is 4.74 Å². The molecule has 6 rings (SSSR count). The second-order valence-corrected chi connectivity index (χ2v) is 11.1. The molecule has 3 aromatic carbocycles. The van der Waals surface area contributed by atoms with Crippen LogP contribution in [-0.2, 0) is 17.8 Å². The van der Waals surface area contributed by atoms with E-state index < -0.39 is 23.6 Å². The Morgan fingerprint density at radius 2 is 1.67 bits per heavy atom. The number of ether oxygens (including phenoxy) is 1. The average Bonchev–Trinajstić information content (AvgIpc) is 3.70. The maximum absolute atomic E-state index is 15.0. The number of pyridine rings is 1. The predicted octanol–water partition coefficient (Wildman–Crippen LogP) is 7.18. The molecule has 0 aliphatic heterocycles. The highest BCUT2D eigenvalue weighted by Gasteiger charge is 2.20. The lowest BCUT2D eigenvalue weighted by atomic mass is 10.1. The maximum Gasteiger partial charge on any atom is 0.325 e. The fourth-order valence-electron chi connectivity index (χ4n) is 4.37. The third kappa shape index (κ3) is 6.79. The SMILES string of the molecule is O=C(Cc1ccc(F)cc1)NC(=O)Nc1ccc(Oc2ccnc3cc(-c4ccc(CNC5CC5)cc4)sc23)c(F)c1. The number of nitrogens with zero attached hydrogens (tertiary/aromatic N) is 1. The van der Waals surface area contributed by atoms with Crippen LogP contribution in [0.3, 0.4) is 0 Å². The second-order valence-electron chi connectivity index (χ2n) is 10.0. The van der Waals surface area contributed by atoms with Crippen LogP contribution in [0.2, 0.25) is 0 Å². The Kier molecular flexibility index (Phi) is 7.89. The molecule has 212 valence electrons. The highest BCUT2D eigenvalue weighted by molar-refractivity contribution is 7.22. The first kappa shape index (κ1) is 27.5. The number of anilines is 1. The topological polar surface area (TPSA) is 92.4 Å². The minimum absolute atomic E-state index is 0.0247. The number of urea groups is 1. The Morgan fingerprint density at radius 1 is 0.905 bits per heavy atom. The number of carbonyl (C=O) groups is 2. The third-order valence-electron chi connectivity index (χ3n) is 6.73. The minimum atomic E-state index is -0.815. The zero-order valence-corrected chi connectivity index (χ0v) is 23.1. The molecule has 3 N–H and O–H groups in total. The summed E-state index contributed by atoms with van der Waals surface area (Å²) in [5, 5.41) is 8.12. The molecule has 0 atom stereocenters. The largest absolute Gasteiger partial charge is 0.453 e. The van der Waals surface area contributed by atoms with E-state index in [1.54, 1.807) is 12.3 Å². The Balaban J connectivity index is 1.10. The van der Waals surface area contributed by atoms with E-state index >= 15 is 0 Å². The van der Waals surface area contributed by atoms with E-state index in [1.807, 2.05) is 6.07 Å². The predicted molar refractivity (Wildman–Crippen MR) is 159 cm³/mol. The van der Waals surface area contributed by atoms with Gasteiger partial charge in [-0.25, -0.2) is 13.6 Å². The van der Waals surface area contributed by atoms with Crippen molar-refractivity contribution in [2.24, 2.45) is 0 Å². The van der Waals surface area contributed by atoms with Gasteiger partial charge in [0, 0.05) is 41.5 Å². The summed E-state index contributed by atoms with van der Waals surface area (Å²) in [5.41, 5.74) is 3.73. The number of hydrogen-bond donors (Lipinski definition) is 3. The monoisotopic (exact) mass is 584 g/mol. The molecule has 1 fully saturated rings. The van der Waals surface area contributed by atoms with Gasteiger partial charge in [-0.05, 0) is 59.9 Å². The number of imide groups is 1. The Morgan fingerprint density at radius 3 is 2.40 bits per heavy atom.